The lowest BCUT2D eigenvalue weighted by molar-refractivity contribution is -0.148. The summed E-state index contributed by atoms with van der Waals surface area (Å²) in [6.45, 7) is 7.04. The Balaban J connectivity index is 2.09. The molecule has 116 valence electrons. The molecule has 0 spiro atoms. The maximum atomic E-state index is 12.1. The van der Waals surface area contributed by atoms with Crippen molar-refractivity contribution in [2.75, 3.05) is 19.7 Å². The van der Waals surface area contributed by atoms with Crippen molar-refractivity contribution in [2.24, 2.45) is 5.92 Å². The summed E-state index contributed by atoms with van der Waals surface area (Å²) >= 11 is 0. The van der Waals surface area contributed by atoms with Gasteiger partial charge in [-0.05, 0) is 58.5 Å². The highest BCUT2D eigenvalue weighted by atomic mass is 16.5. The SMILES string of the molecule is CCOC(=O)CC(C)(C1CCCCC1)N1CCCCC1. The second kappa shape index (κ2) is 7.44. The molecule has 0 aromatic rings. The molecule has 0 N–H and O–H groups in total. The summed E-state index contributed by atoms with van der Waals surface area (Å²) in [6.07, 6.45) is 11.1. The Hall–Kier alpha value is -0.570. The predicted molar refractivity (Wildman–Crippen MR) is 81.7 cm³/mol. The Morgan fingerprint density at radius 1 is 1.10 bits per heavy atom. The van der Waals surface area contributed by atoms with Gasteiger partial charge in [-0.25, -0.2) is 0 Å². The number of carbonyl (C=O) groups is 1. The monoisotopic (exact) mass is 281 g/mol. The second-order valence-corrected chi connectivity index (χ2v) is 6.72. The molecule has 2 rings (SSSR count). The zero-order valence-electron chi connectivity index (χ0n) is 13.3. The number of piperidine rings is 1. The summed E-state index contributed by atoms with van der Waals surface area (Å²) in [6, 6.07) is 0. The van der Waals surface area contributed by atoms with E-state index < -0.39 is 0 Å². The average Bonchev–Trinajstić information content (AvgIpc) is 2.49. The highest BCUT2D eigenvalue weighted by molar-refractivity contribution is 5.71. The van der Waals surface area contributed by atoms with Gasteiger partial charge in [-0.15, -0.1) is 0 Å². The fourth-order valence-corrected chi connectivity index (χ4v) is 4.15. The van der Waals surface area contributed by atoms with Crippen LogP contribution < -0.4 is 0 Å². The molecule has 2 aliphatic rings. The molecule has 0 amide bonds. The van der Waals surface area contributed by atoms with E-state index in [1.807, 2.05) is 6.92 Å². The van der Waals surface area contributed by atoms with E-state index in [-0.39, 0.29) is 11.5 Å². The summed E-state index contributed by atoms with van der Waals surface area (Å²) in [5, 5.41) is 0. The summed E-state index contributed by atoms with van der Waals surface area (Å²) in [5.41, 5.74) is 0.0209. The molecule has 0 radical (unpaired) electrons. The molecule has 0 aromatic carbocycles. The van der Waals surface area contributed by atoms with Crippen LogP contribution >= 0.6 is 0 Å². The Kier molecular flexibility index (Phi) is 5.88. The minimum Gasteiger partial charge on any atom is -0.466 e. The second-order valence-electron chi connectivity index (χ2n) is 6.72. The third-order valence-electron chi connectivity index (χ3n) is 5.37. The van der Waals surface area contributed by atoms with E-state index in [0.717, 1.165) is 13.1 Å². The molecule has 1 heterocycles. The van der Waals surface area contributed by atoms with Crippen LogP contribution in [0.3, 0.4) is 0 Å². The topological polar surface area (TPSA) is 29.5 Å². The average molecular weight is 281 g/mol. The number of ether oxygens (including phenoxy) is 1. The molecular formula is C17H31NO2. The van der Waals surface area contributed by atoms with E-state index in [1.165, 1.54) is 51.4 Å². The van der Waals surface area contributed by atoms with Crippen molar-refractivity contribution in [3.8, 4) is 0 Å². The van der Waals surface area contributed by atoms with E-state index in [2.05, 4.69) is 11.8 Å². The van der Waals surface area contributed by atoms with Crippen LogP contribution in [0.4, 0.5) is 0 Å². The van der Waals surface area contributed by atoms with Crippen LogP contribution in [-0.2, 0) is 9.53 Å². The van der Waals surface area contributed by atoms with Gasteiger partial charge < -0.3 is 4.74 Å². The van der Waals surface area contributed by atoms with Crippen LogP contribution in [0, 0.1) is 5.92 Å². The Morgan fingerprint density at radius 3 is 2.30 bits per heavy atom. The first kappa shape index (κ1) is 15.8. The van der Waals surface area contributed by atoms with E-state index in [4.69, 9.17) is 4.74 Å². The highest BCUT2D eigenvalue weighted by Crippen LogP contribution is 2.40. The van der Waals surface area contributed by atoms with Crippen LogP contribution in [0.5, 0.6) is 0 Å². The van der Waals surface area contributed by atoms with Crippen LogP contribution in [0.2, 0.25) is 0 Å². The molecule has 0 aromatic heterocycles. The van der Waals surface area contributed by atoms with Gasteiger partial charge in [0.25, 0.3) is 0 Å². The minimum absolute atomic E-state index is 0.00820. The number of nitrogens with zero attached hydrogens (tertiary/aromatic N) is 1. The van der Waals surface area contributed by atoms with Crippen molar-refractivity contribution < 1.29 is 9.53 Å². The van der Waals surface area contributed by atoms with E-state index in [0.29, 0.717) is 18.9 Å². The normalized spacial score (nSPS) is 25.1. The highest BCUT2D eigenvalue weighted by Gasteiger charge is 2.42. The van der Waals surface area contributed by atoms with Crippen molar-refractivity contribution >= 4 is 5.97 Å². The lowest BCUT2D eigenvalue weighted by Gasteiger charge is -2.49. The van der Waals surface area contributed by atoms with Gasteiger partial charge in [0.05, 0.1) is 13.0 Å². The van der Waals surface area contributed by atoms with E-state index in [1.54, 1.807) is 0 Å². The number of likely N-dealkylation sites (tertiary alicyclic amines) is 1. The maximum Gasteiger partial charge on any atom is 0.307 e. The molecule has 2 fully saturated rings. The van der Waals surface area contributed by atoms with Crippen LogP contribution in [0.25, 0.3) is 0 Å². The Morgan fingerprint density at radius 2 is 1.70 bits per heavy atom. The van der Waals surface area contributed by atoms with Crippen molar-refractivity contribution in [1.82, 2.24) is 4.90 Å². The zero-order valence-corrected chi connectivity index (χ0v) is 13.3. The van der Waals surface area contributed by atoms with Gasteiger partial charge in [0, 0.05) is 5.54 Å². The van der Waals surface area contributed by atoms with Gasteiger partial charge in [0.1, 0.15) is 0 Å². The smallest absolute Gasteiger partial charge is 0.307 e. The number of esters is 1. The molecule has 1 aliphatic heterocycles. The third-order valence-corrected chi connectivity index (χ3v) is 5.37. The van der Waals surface area contributed by atoms with Crippen LogP contribution in [-0.4, -0.2) is 36.1 Å². The quantitative estimate of drug-likeness (QED) is 0.719. The lowest BCUT2D eigenvalue weighted by atomic mass is 9.72. The first-order chi connectivity index (χ1) is 9.66. The van der Waals surface area contributed by atoms with Gasteiger partial charge >= 0.3 is 5.97 Å². The van der Waals surface area contributed by atoms with E-state index >= 15 is 0 Å². The predicted octanol–water partition coefficient (Wildman–Crippen LogP) is 3.76. The van der Waals surface area contributed by atoms with Crippen molar-refractivity contribution in [3.63, 3.8) is 0 Å². The summed E-state index contributed by atoms with van der Waals surface area (Å²) in [4.78, 5) is 14.7. The van der Waals surface area contributed by atoms with Crippen molar-refractivity contribution in [2.45, 2.75) is 77.2 Å². The minimum atomic E-state index is -0.00820. The summed E-state index contributed by atoms with van der Waals surface area (Å²) in [5.74, 6) is 0.657. The van der Waals surface area contributed by atoms with Gasteiger partial charge in [-0.2, -0.15) is 0 Å². The summed E-state index contributed by atoms with van der Waals surface area (Å²) < 4.78 is 5.25. The Labute approximate surface area is 124 Å². The number of carbonyl (C=O) groups excluding carboxylic acids is 1. The lowest BCUT2D eigenvalue weighted by Crippen LogP contribution is -2.55. The summed E-state index contributed by atoms with van der Waals surface area (Å²) in [7, 11) is 0. The van der Waals surface area contributed by atoms with Crippen molar-refractivity contribution in [3.05, 3.63) is 0 Å². The number of hydrogen-bond acceptors (Lipinski definition) is 3. The molecule has 1 aliphatic carbocycles. The largest absolute Gasteiger partial charge is 0.466 e. The number of hydrogen-bond donors (Lipinski definition) is 0. The van der Waals surface area contributed by atoms with E-state index in [9.17, 15) is 4.79 Å². The van der Waals surface area contributed by atoms with Gasteiger partial charge in [-0.3, -0.25) is 9.69 Å². The molecule has 1 saturated heterocycles. The number of rotatable bonds is 5. The van der Waals surface area contributed by atoms with Gasteiger partial charge in [0.15, 0.2) is 0 Å². The first-order valence-electron chi connectivity index (χ1n) is 8.57. The standard InChI is InChI=1S/C17H31NO2/c1-3-20-16(19)14-17(2,15-10-6-4-7-11-15)18-12-8-5-9-13-18/h15H,3-14H2,1-2H3. The molecule has 3 nitrogen and oxygen atoms in total. The first-order valence-corrected chi connectivity index (χ1v) is 8.57. The fraction of sp³-hybridized carbons (Fsp3) is 0.941. The molecular weight excluding hydrogens is 250 g/mol. The fourth-order valence-electron chi connectivity index (χ4n) is 4.15. The van der Waals surface area contributed by atoms with Crippen molar-refractivity contribution in [1.29, 1.82) is 0 Å². The molecule has 1 atom stereocenters. The molecule has 3 heteroatoms. The molecule has 0 bridgehead atoms. The van der Waals surface area contributed by atoms with Crippen LogP contribution in [0.15, 0.2) is 0 Å². The van der Waals surface area contributed by atoms with Gasteiger partial charge in [0.2, 0.25) is 0 Å². The molecule has 1 unspecified atom stereocenters. The zero-order chi connectivity index (χ0) is 14.4. The van der Waals surface area contributed by atoms with Gasteiger partial charge in [-0.1, -0.05) is 25.7 Å². The third kappa shape index (κ3) is 3.75. The molecule has 1 saturated carbocycles. The maximum absolute atomic E-state index is 12.1. The molecule has 20 heavy (non-hydrogen) atoms. The van der Waals surface area contributed by atoms with Crippen LogP contribution in [0.1, 0.15) is 71.6 Å². The Bertz CT molecular complexity index is 286.